The van der Waals surface area contributed by atoms with Crippen LogP contribution in [0.4, 0.5) is 13.2 Å². The number of hydrogen-bond acceptors (Lipinski definition) is 1. The zero-order valence-corrected chi connectivity index (χ0v) is 12.3. The zero-order valence-electron chi connectivity index (χ0n) is 10.8. The van der Waals surface area contributed by atoms with E-state index in [1.807, 2.05) is 0 Å². The van der Waals surface area contributed by atoms with Gasteiger partial charge in [0.2, 0.25) is 0 Å². The molecular formula is C15H13BrF3N. The molecule has 0 aliphatic heterocycles. The topological polar surface area (TPSA) is 12.0 Å². The minimum absolute atomic E-state index is 0.0111. The molecular weight excluding hydrogens is 331 g/mol. The van der Waals surface area contributed by atoms with Crippen molar-refractivity contribution >= 4 is 15.9 Å². The molecule has 0 saturated heterocycles. The minimum Gasteiger partial charge on any atom is -0.313 e. The summed E-state index contributed by atoms with van der Waals surface area (Å²) in [6.45, 7) is 0. The van der Waals surface area contributed by atoms with Crippen molar-refractivity contribution in [2.45, 2.75) is 12.5 Å². The van der Waals surface area contributed by atoms with Crippen LogP contribution in [0.1, 0.15) is 17.2 Å². The Morgan fingerprint density at radius 3 is 2.35 bits per heavy atom. The third-order valence-corrected chi connectivity index (χ3v) is 3.87. The third kappa shape index (κ3) is 3.22. The van der Waals surface area contributed by atoms with E-state index in [0.717, 1.165) is 0 Å². The summed E-state index contributed by atoms with van der Waals surface area (Å²) in [4.78, 5) is 0. The highest BCUT2D eigenvalue weighted by molar-refractivity contribution is 9.10. The summed E-state index contributed by atoms with van der Waals surface area (Å²) < 4.78 is 41.4. The van der Waals surface area contributed by atoms with E-state index in [2.05, 4.69) is 21.2 Å². The summed E-state index contributed by atoms with van der Waals surface area (Å²) in [7, 11) is 1.67. The van der Waals surface area contributed by atoms with E-state index >= 15 is 0 Å². The van der Waals surface area contributed by atoms with Gasteiger partial charge in [-0.1, -0.05) is 22.0 Å². The van der Waals surface area contributed by atoms with Gasteiger partial charge in [-0.3, -0.25) is 0 Å². The molecule has 0 heterocycles. The van der Waals surface area contributed by atoms with Gasteiger partial charge in [0.1, 0.15) is 17.5 Å². The summed E-state index contributed by atoms with van der Waals surface area (Å²) in [5.74, 6) is -1.59. The Hall–Kier alpha value is -1.33. The van der Waals surface area contributed by atoms with Crippen LogP contribution in [0, 0.1) is 17.5 Å². The molecule has 1 N–H and O–H groups in total. The molecule has 5 heteroatoms. The second-order valence-electron chi connectivity index (χ2n) is 4.41. The van der Waals surface area contributed by atoms with Crippen molar-refractivity contribution in [2.75, 3.05) is 7.05 Å². The SMILES string of the molecule is CNC(Cc1c(F)cccc1F)c1cc(F)ccc1Br. The maximum atomic E-state index is 13.7. The van der Waals surface area contributed by atoms with Gasteiger partial charge in [-0.15, -0.1) is 0 Å². The lowest BCUT2D eigenvalue weighted by atomic mass is 9.98. The van der Waals surface area contributed by atoms with Crippen molar-refractivity contribution in [2.24, 2.45) is 0 Å². The first-order valence-corrected chi connectivity index (χ1v) is 6.87. The van der Waals surface area contributed by atoms with Gasteiger partial charge < -0.3 is 5.32 Å². The fraction of sp³-hybridized carbons (Fsp3) is 0.200. The molecule has 2 aromatic carbocycles. The average Bonchev–Trinajstić information content (AvgIpc) is 2.42. The van der Waals surface area contributed by atoms with E-state index in [1.165, 1.54) is 30.3 Å². The largest absolute Gasteiger partial charge is 0.313 e. The van der Waals surface area contributed by atoms with Gasteiger partial charge >= 0.3 is 0 Å². The molecule has 0 spiro atoms. The maximum Gasteiger partial charge on any atom is 0.129 e. The van der Waals surface area contributed by atoms with E-state index in [4.69, 9.17) is 0 Å². The van der Waals surface area contributed by atoms with Crippen molar-refractivity contribution < 1.29 is 13.2 Å². The van der Waals surface area contributed by atoms with Crippen LogP contribution >= 0.6 is 15.9 Å². The maximum absolute atomic E-state index is 13.7. The standard InChI is InChI=1S/C15H13BrF3N/c1-20-15(10-7-9(17)5-6-12(10)16)8-11-13(18)3-2-4-14(11)19/h2-7,15,20H,8H2,1H3. The van der Waals surface area contributed by atoms with Crippen molar-refractivity contribution in [3.8, 4) is 0 Å². The first-order chi connectivity index (χ1) is 9.52. The van der Waals surface area contributed by atoms with Crippen LogP contribution in [0.2, 0.25) is 0 Å². The molecule has 0 aromatic heterocycles. The number of rotatable bonds is 4. The Bertz CT molecular complexity index is 596. The lowest BCUT2D eigenvalue weighted by molar-refractivity contribution is 0.512. The molecule has 0 amide bonds. The molecule has 2 rings (SSSR count). The Balaban J connectivity index is 2.36. The third-order valence-electron chi connectivity index (χ3n) is 3.15. The second kappa shape index (κ2) is 6.41. The van der Waals surface area contributed by atoms with E-state index < -0.39 is 23.5 Å². The summed E-state index contributed by atoms with van der Waals surface area (Å²) in [6.07, 6.45) is 0.0943. The van der Waals surface area contributed by atoms with Gasteiger partial charge in [0.25, 0.3) is 0 Å². The predicted octanol–water partition coefficient (Wildman–Crippen LogP) is 4.37. The molecule has 0 saturated carbocycles. The number of hydrogen-bond donors (Lipinski definition) is 1. The van der Waals surface area contributed by atoms with Crippen molar-refractivity contribution in [3.05, 3.63) is 69.4 Å². The molecule has 0 fully saturated rings. The Morgan fingerprint density at radius 1 is 1.10 bits per heavy atom. The second-order valence-corrected chi connectivity index (χ2v) is 5.27. The highest BCUT2D eigenvalue weighted by atomic mass is 79.9. The molecule has 2 aromatic rings. The van der Waals surface area contributed by atoms with Crippen LogP contribution in [0.3, 0.4) is 0 Å². The fourth-order valence-corrected chi connectivity index (χ4v) is 2.60. The van der Waals surface area contributed by atoms with Crippen LogP contribution in [-0.2, 0) is 6.42 Å². The Morgan fingerprint density at radius 2 is 1.75 bits per heavy atom. The van der Waals surface area contributed by atoms with Gasteiger partial charge in [-0.25, -0.2) is 13.2 Å². The molecule has 106 valence electrons. The number of halogens is 4. The van der Waals surface area contributed by atoms with Crippen molar-refractivity contribution in [1.82, 2.24) is 5.32 Å². The summed E-state index contributed by atoms with van der Waals surface area (Å²) in [5, 5.41) is 2.96. The number of nitrogens with one attached hydrogen (secondary N) is 1. The van der Waals surface area contributed by atoms with E-state index in [1.54, 1.807) is 13.1 Å². The first kappa shape index (κ1) is 15.1. The average molecular weight is 344 g/mol. The van der Waals surface area contributed by atoms with Crippen LogP contribution < -0.4 is 5.32 Å². The van der Waals surface area contributed by atoms with Crippen LogP contribution in [0.5, 0.6) is 0 Å². The highest BCUT2D eigenvalue weighted by Crippen LogP contribution is 2.28. The van der Waals surface area contributed by atoms with Crippen LogP contribution in [0.25, 0.3) is 0 Å². The van der Waals surface area contributed by atoms with Gasteiger partial charge in [-0.2, -0.15) is 0 Å². The smallest absolute Gasteiger partial charge is 0.129 e. The van der Waals surface area contributed by atoms with Gasteiger partial charge in [0, 0.05) is 16.1 Å². The van der Waals surface area contributed by atoms with Crippen LogP contribution in [-0.4, -0.2) is 7.05 Å². The van der Waals surface area contributed by atoms with Crippen molar-refractivity contribution in [1.29, 1.82) is 0 Å². The first-order valence-electron chi connectivity index (χ1n) is 6.08. The summed E-state index contributed by atoms with van der Waals surface area (Å²) in [6, 6.07) is 7.60. The zero-order chi connectivity index (χ0) is 14.7. The Kier molecular flexibility index (Phi) is 4.83. The van der Waals surface area contributed by atoms with Gasteiger partial charge in [0.05, 0.1) is 0 Å². The summed E-state index contributed by atoms with van der Waals surface area (Å²) >= 11 is 3.33. The number of likely N-dealkylation sites (N-methyl/N-ethyl adjacent to an activating group) is 1. The molecule has 1 atom stereocenters. The van der Waals surface area contributed by atoms with Crippen LogP contribution in [0.15, 0.2) is 40.9 Å². The number of benzene rings is 2. The Labute approximate surface area is 123 Å². The monoisotopic (exact) mass is 343 g/mol. The fourth-order valence-electron chi connectivity index (χ4n) is 2.08. The van der Waals surface area contributed by atoms with Gasteiger partial charge in [-0.05, 0) is 49.4 Å². The molecule has 0 aliphatic rings. The summed E-state index contributed by atoms with van der Waals surface area (Å²) in [5.41, 5.74) is 0.609. The minimum atomic E-state index is -0.599. The van der Waals surface area contributed by atoms with Crippen molar-refractivity contribution in [3.63, 3.8) is 0 Å². The quantitative estimate of drug-likeness (QED) is 0.869. The lowest BCUT2D eigenvalue weighted by Crippen LogP contribution is -2.20. The molecule has 20 heavy (non-hydrogen) atoms. The molecule has 0 bridgehead atoms. The highest BCUT2D eigenvalue weighted by Gasteiger charge is 2.18. The lowest BCUT2D eigenvalue weighted by Gasteiger charge is -2.19. The molecule has 1 unspecified atom stereocenters. The van der Waals surface area contributed by atoms with E-state index in [9.17, 15) is 13.2 Å². The predicted molar refractivity (Wildman–Crippen MR) is 76.0 cm³/mol. The van der Waals surface area contributed by atoms with E-state index in [0.29, 0.717) is 10.0 Å². The molecule has 1 nitrogen and oxygen atoms in total. The molecule has 0 radical (unpaired) electrons. The normalized spacial score (nSPS) is 12.4. The van der Waals surface area contributed by atoms with E-state index in [-0.39, 0.29) is 12.0 Å². The van der Waals surface area contributed by atoms with Gasteiger partial charge in [0.15, 0.2) is 0 Å². The molecule has 0 aliphatic carbocycles.